The first kappa shape index (κ1) is 14.4. The number of nitrogens with zero attached hydrogens (tertiary/aromatic N) is 1. The van der Waals surface area contributed by atoms with Gasteiger partial charge in [0, 0.05) is 18.4 Å². The third kappa shape index (κ3) is 3.96. The Labute approximate surface area is 123 Å². The minimum atomic E-state index is 0.238. The van der Waals surface area contributed by atoms with Crippen LogP contribution < -0.4 is 4.74 Å². The molecular weight excluding hydrogens is 306 g/mol. The third-order valence-corrected chi connectivity index (χ3v) is 4.13. The fraction of sp³-hybridized carbons (Fsp3) is 0.533. The van der Waals surface area contributed by atoms with Crippen molar-refractivity contribution in [3.8, 4) is 5.75 Å². The number of amides is 1. The maximum absolute atomic E-state index is 12.2. The largest absolute Gasteiger partial charge is 0.497 e. The first-order valence-corrected chi connectivity index (χ1v) is 7.81. The van der Waals surface area contributed by atoms with Gasteiger partial charge in [-0.05, 0) is 36.5 Å². The van der Waals surface area contributed by atoms with Crippen molar-refractivity contribution >= 4 is 21.8 Å². The molecule has 19 heavy (non-hydrogen) atoms. The molecule has 1 saturated heterocycles. The predicted octanol–water partition coefficient (Wildman–Crippen LogP) is 2.87. The molecule has 0 aliphatic carbocycles. The number of alkyl halides is 1. The Kier molecular flexibility index (Phi) is 5.25. The van der Waals surface area contributed by atoms with Crippen molar-refractivity contribution in [1.82, 2.24) is 4.90 Å². The van der Waals surface area contributed by atoms with E-state index in [2.05, 4.69) is 15.9 Å². The second-order valence-electron chi connectivity index (χ2n) is 5.00. The summed E-state index contributed by atoms with van der Waals surface area (Å²) in [6.07, 6.45) is 2.79. The molecule has 1 unspecified atom stereocenters. The van der Waals surface area contributed by atoms with Gasteiger partial charge in [-0.2, -0.15) is 0 Å². The standard InChI is InChI=1S/C15H20BrNO2/c1-19-14-4-2-12(3-5-14)10-15(18)17-9-7-13(11-17)6-8-16/h2-5,13H,6-11H2,1H3. The topological polar surface area (TPSA) is 29.5 Å². The number of ether oxygens (including phenoxy) is 1. The van der Waals surface area contributed by atoms with Crippen LogP contribution in [0.5, 0.6) is 5.75 Å². The van der Waals surface area contributed by atoms with Gasteiger partial charge in [-0.15, -0.1) is 0 Å². The third-order valence-electron chi connectivity index (χ3n) is 3.67. The van der Waals surface area contributed by atoms with Crippen LogP contribution in [-0.2, 0) is 11.2 Å². The van der Waals surface area contributed by atoms with Crippen LogP contribution in [-0.4, -0.2) is 36.3 Å². The Morgan fingerprint density at radius 3 is 2.79 bits per heavy atom. The monoisotopic (exact) mass is 325 g/mol. The minimum absolute atomic E-state index is 0.238. The molecule has 0 spiro atoms. The Hall–Kier alpha value is -1.03. The number of carbonyl (C=O) groups is 1. The summed E-state index contributed by atoms with van der Waals surface area (Å²) in [7, 11) is 1.65. The van der Waals surface area contributed by atoms with Crippen LogP contribution in [0.15, 0.2) is 24.3 Å². The van der Waals surface area contributed by atoms with Crippen LogP contribution in [0.2, 0.25) is 0 Å². The fourth-order valence-electron chi connectivity index (χ4n) is 2.48. The molecule has 1 heterocycles. The second kappa shape index (κ2) is 6.94. The molecule has 0 aromatic heterocycles. The maximum atomic E-state index is 12.2. The zero-order valence-electron chi connectivity index (χ0n) is 11.3. The van der Waals surface area contributed by atoms with E-state index in [-0.39, 0.29) is 5.91 Å². The van der Waals surface area contributed by atoms with Gasteiger partial charge in [-0.25, -0.2) is 0 Å². The summed E-state index contributed by atoms with van der Waals surface area (Å²) >= 11 is 3.47. The smallest absolute Gasteiger partial charge is 0.226 e. The van der Waals surface area contributed by atoms with Gasteiger partial charge in [0.2, 0.25) is 5.91 Å². The average molecular weight is 326 g/mol. The van der Waals surface area contributed by atoms with E-state index < -0.39 is 0 Å². The first-order chi connectivity index (χ1) is 9.22. The number of likely N-dealkylation sites (tertiary alicyclic amines) is 1. The normalized spacial score (nSPS) is 18.6. The van der Waals surface area contributed by atoms with E-state index in [1.807, 2.05) is 29.2 Å². The molecule has 1 amide bonds. The van der Waals surface area contributed by atoms with Crippen LogP contribution in [0.1, 0.15) is 18.4 Å². The van der Waals surface area contributed by atoms with Crippen molar-refractivity contribution in [3.63, 3.8) is 0 Å². The lowest BCUT2D eigenvalue weighted by molar-refractivity contribution is -0.129. The minimum Gasteiger partial charge on any atom is -0.497 e. The van der Waals surface area contributed by atoms with E-state index in [1.54, 1.807) is 7.11 Å². The van der Waals surface area contributed by atoms with E-state index in [0.29, 0.717) is 12.3 Å². The van der Waals surface area contributed by atoms with Crippen molar-refractivity contribution in [2.75, 3.05) is 25.5 Å². The molecule has 0 N–H and O–H groups in total. The van der Waals surface area contributed by atoms with Crippen molar-refractivity contribution in [3.05, 3.63) is 29.8 Å². The summed E-state index contributed by atoms with van der Waals surface area (Å²) in [6, 6.07) is 7.73. The Balaban J connectivity index is 1.87. The molecule has 0 saturated carbocycles. The Bertz CT molecular complexity index is 419. The molecule has 1 aliphatic heterocycles. The van der Waals surface area contributed by atoms with E-state index >= 15 is 0 Å². The number of hydrogen-bond acceptors (Lipinski definition) is 2. The van der Waals surface area contributed by atoms with Crippen LogP contribution in [0, 0.1) is 5.92 Å². The summed E-state index contributed by atoms with van der Waals surface area (Å²) in [5.74, 6) is 1.73. The van der Waals surface area contributed by atoms with E-state index in [0.717, 1.165) is 42.6 Å². The van der Waals surface area contributed by atoms with Gasteiger partial charge < -0.3 is 9.64 Å². The quantitative estimate of drug-likeness (QED) is 0.779. The Morgan fingerprint density at radius 2 is 2.16 bits per heavy atom. The lowest BCUT2D eigenvalue weighted by atomic mass is 10.1. The highest BCUT2D eigenvalue weighted by molar-refractivity contribution is 9.09. The van der Waals surface area contributed by atoms with Crippen molar-refractivity contribution < 1.29 is 9.53 Å². The molecule has 1 atom stereocenters. The number of methoxy groups -OCH3 is 1. The fourth-order valence-corrected chi connectivity index (χ4v) is 3.13. The van der Waals surface area contributed by atoms with Gasteiger partial charge >= 0.3 is 0 Å². The molecule has 1 fully saturated rings. The van der Waals surface area contributed by atoms with Crippen LogP contribution >= 0.6 is 15.9 Å². The van der Waals surface area contributed by atoms with Crippen molar-refractivity contribution in [1.29, 1.82) is 0 Å². The van der Waals surface area contributed by atoms with Gasteiger partial charge in [0.1, 0.15) is 5.75 Å². The zero-order chi connectivity index (χ0) is 13.7. The highest BCUT2D eigenvalue weighted by Crippen LogP contribution is 2.21. The number of rotatable bonds is 5. The highest BCUT2D eigenvalue weighted by Gasteiger charge is 2.25. The SMILES string of the molecule is COc1ccc(CC(=O)N2CCC(CCBr)C2)cc1. The summed E-state index contributed by atoms with van der Waals surface area (Å²) < 4.78 is 5.12. The van der Waals surface area contributed by atoms with Gasteiger partial charge in [0.25, 0.3) is 0 Å². The van der Waals surface area contributed by atoms with Gasteiger partial charge in [0.15, 0.2) is 0 Å². The molecule has 0 radical (unpaired) electrons. The lowest BCUT2D eigenvalue weighted by Crippen LogP contribution is -2.30. The van der Waals surface area contributed by atoms with Crippen LogP contribution in [0.4, 0.5) is 0 Å². The number of carbonyl (C=O) groups excluding carboxylic acids is 1. The molecule has 1 aromatic rings. The first-order valence-electron chi connectivity index (χ1n) is 6.69. The van der Waals surface area contributed by atoms with Crippen LogP contribution in [0.25, 0.3) is 0 Å². The second-order valence-corrected chi connectivity index (χ2v) is 5.79. The molecular formula is C15H20BrNO2. The van der Waals surface area contributed by atoms with E-state index in [9.17, 15) is 4.79 Å². The molecule has 1 aromatic carbocycles. The molecule has 0 bridgehead atoms. The summed E-state index contributed by atoms with van der Waals surface area (Å²) in [5, 5.41) is 1.03. The van der Waals surface area contributed by atoms with Crippen molar-refractivity contribution in [2.24, 2.45) is 5.92 Å². The molecule has 3 nitrogen and oxygen atoms in total. The summed E-state index contributed by atoms with van der Waals surface area (Å²) in [6.45, 7) is 1.83. The predicted molar refractivity (Wildman–Crippen MR) is 79.8 cm³/mol. The average Bonchev–Trinajstić information content (AvgIpc) is 2.89. The van der Waals surface area contributed by atoms with E-state index in [1.165, 1.54) is 0 Å². The van der Waals surface area contributed by atoms with Gasteiger partial charge in [0.05, 0.1) is 13.5 Å². The number of halogens is 1. The molecule has 104 valence electrons. The Morgan fingerprint density at radius 1 is 1.42 bits per heavy atom. The number of hydrogen-bond donors (Lipinski definition) is 0. The maximum Gasteiger partial charge on any atom is 0.226 e. The summed E-state index contributed by atoms with van der Waals surface area (Å²) in [4.78, 5) is 14.2. The van der Waals surface area contributed by atoms with Crippen molar-refractivity contribution in [2.45, 2.75) is 19.3 Å². The van der Waals surface area contributed by atoms with Gasteiger partial charge in [-0.3, -0.25) is 4.79 Å². The van der Waals surface area contributed by atoms with Crippen LogP contribution in [0.3, 0.4) is 0 Å². The summed E-state index contributed by atoms with van der Waals surface area (Å²) in [5.41, 5.74) is 1.05. The molecule has 2 rings (SSSR count). The number of benzene rings is 1. The lowest BCUT2D eigenvalue weighted by Gasteiger charge is -2.16. The van der Waals surface area contributed by atoms with Gasteiger partial charge in [-0.1, -0.05) is 28.1 Å². The van der Waals surface area contributed by atoms with E-state index in [4.69, 9.17) is 4.74 Å². The zero-order valence-corrected chi connectivity index (χ0v) is 12.9. The highest BCUT2D eigenvalue weighted by atomic mass is 79.9. The molecule has 1 aliphatic rings. The molecule has 4 heteroatoms.